The number of carbonyl (C=O) groups excluding carboxylic acids is 1. The predicted octanol–water partition coefficient (Wildman–Crippen LogP) is 2.23. The smallest absolute Gasteiger partial charge is 0.410 e. The third-order valence-electron chi connectivity index (χ3n) is 4.25. The molecule has 1 aromatic carbocycles. The number of aromatic nitrogens is 4. The number of anilines is 2. The van der Waals surface area contributed by atoms with Gasteiger partial charge in [0.05, 0.1) is 0 Å². The lowest BCUT2D eigenvalue weighted by Gasteiger charge is -2.36. The highest BCUT2D eigenvalue weighted by molar-refractivity contribution is 5.74. The van der Waals surface area contributed by atoms with Gasteiger partial charge in [-0.2, -0.15) is 10.5 Å². The molecule has 2 heterocycles. The predicted molar refractivity (Wildman–Crippen MR) is 108 cm³/mol. The van der Waals surface area contributed by atoms with Crippen molar-refractivity contribution in [2.45, 2.75) is 26.4 Å². The molecular formula is C19H24N8O2. The van der Waals surface area contributed by atoms with Crippen LogP contribution in [0.15, 0.2) is 30.5 Å². The third-order valence-corrected chi connectivity index (χ3v) is 4.25. The summed E-state index contributed by atoms with van der Waals surface area (Å²) in [5.41, 5.74) is 1.70. The Kier molecular flexibility index (Phi) is 5.97. The van der Waals surface area contributed by atoms with E-state index in [0.29, 0.717) is 13.1 Å². The molecule has 10 nitrogen and oxygen atoms in total. The maximum Gasteiger partial charge on any atom is 0.410 e. The Bertz CT molecular complexity index is 886. The molecule has 1 saturated heterocycles. The van der Waals surface area contributed by atoms with Crippen molar-refractivity contribution < 1.29 is 9.53 Å². The lowest BCUT2D eigenvalue weighted by Crippen LogP contribution is -2.50. The summed E-state index contributed by atoms with van der Waals surface area (Å²) in [6.45, 7) is 8.32. The van der Waals surface area contributed by atoms with E-state index in [-0.39, 0.29) is 17.5 Å². The highest BCUT2D eigenvalue weighted by Gasteiger charge is 2.25. The van der Waals surface area contributed by atoms with Gasteiger partial charge in [-0.25, -0.2) is 4.79 Å². The first-order chi connectivity index (χ1) is 13.9. The van der Waals surface area contributed by atoms with E-state index in [9.17, 15) is 10.1 Å². The zero-order valence-electron chi connectivity index (χ0n) is 16.7. The van der Waals surface area contributed by atoms with Gasteiger partial charge in [0.2, 0.25) is 5.82 Å². The minimum Gasteiger partial charge on any atom is -0.444 e. The zero-order valence-corrected chi connectivity index (χ0v) is 16.7. The van der Waals surface area contributed by atoms with E-state index in [1.807, 2.05) is 51.1 Å². The van der Waals surface area contributed by atoms with Gasteiger partial charge in [0.25, 0.3) is 0 Å². The van der Waals surface area contributed by atoms with Crippen LogP contribution in [0.25, 0.3) is 5.57 Å². The number of benzene rings is 1. The van der Waals surface area contributed by atoms with Crippen LogP contribution in [0.5, 0.6) is 0 Å². The van der Waals surface area contributed by atoms with Gasteiger partial charge >= 0.3 is 6.09 Å². The van der Waals surface area contributed by atoms with Crippen LogP contribution in [0.3, 0.4) is 0 Å². The summed E-state index contributed by atoms with van der Waals surface area (Å²) in [5, 5.41) is 25.6. The number of nitriles is 1. The van der Waals surface area contributed by atoms with Crippen molar-refractivity contribution in [1.82, 2.24) is 25.5 Å². The highest BCUT2D eigenvalue weighted by atomic mass is 16.6. The molecule has 10 heteroatoms. The Hall–Kier alpha value is -3.61. The Balaban J connectivity index is 1.55. The molecule has 0 unspecified atom stereocenters. The lowest BCUT2D eigenvalue weighted by molar-refractivity contribution is 0.0240. The van der Waals surface area contributed by atoms with Gasteiger partial charge in [0.15, 0.2) is 0 Å². The van der Waals surface area contributed by atoms with Crippen molar-refractivity contribution in [3.63, 3.8) is 0 Å². The molecule has 0 saturated carbocycles. The number of nitrogens with zero attached hydrogens (tertiary/aromatic N) is 6. The fraction of sp³-hybridized carbons (Fsp3) is 0.421. The average molecular weight is 396 g/mol. The number of nitrogens with one attached hydrogen (secondary N) is 2. The molecule has 0 aliphatic carbocycles. The van der Waals surface area contributed by atoms with Crippen LogP contribution >= 0.6 is 0 Å². The summed E-state index contributed by atoms with van der Waals surface area (Å²) >= 11 is 0. The van der Waals surface area contributed by atoms with E-state index >= 15 is 0 Å². The average Bonchev–Trinajstić information content (AvgIpc) is 3.22. The van der Waals surface area contributed by atoms with E-state index in [4.69, 9.17) is 4.74 Å². The standard InChI is InChI=1S/C19H24N8O2/c1-19(2,3)29-18(28)27-10-8-26(9-11-27)16-6-4-15(5-7-16)21-13-14(12-20)17-22-24-25-23-17/h4-7,13,21H,8-11H2,1-3H3,(H,22,23,24,25). The second-order valence-electron chi connectivity index (χ2n) is 7.55. The molecule has 1 aliphatic rings. The number of carbonyl (C=O) groups is 1. The van der Waals surface area contributed by atoms with Gasteiger partial charge in [0, 0.05) is 43.8 Å². The van der Waals surface area contributed by atoms with Gasteiger partial charge in [-0.1, -0.05) is 0 Å². The van der Waals surface area contributed by atoms with Crippen LogP contribution in [0, 0.1) is 11.3 Å². The molecule has 29 heavy (non-hydrogen) atoms. The van der Waals surface area contributed by atoms with Gasteiger partial charge in [-0.05, 0) is 50.3 Å². The zero-order chi connectivity index (χ0) is 20.9. The molecule has 152 valence electrons. The summed E-state index contributed by atoms with van der Waals surface area (Å²) in [4.78, 5) is 16.1. The van der Waals surface area contributed by atoms with Gasteiger partial charge < -0.3 is 19.9 Å². The monoisotopic (exact) mass is 396 g/mol. The van der Waals surface area contributed by atoms with Crippen LogP contribution in [-0.2, 0) is 4.74 Å². The first-order valence-corrected chi connectivity index (χ1v) is 9.29. The number of hydrogen-bond donors (Lipinski definition) is 2. The molecule has 3 rings (SSSR count). The number of tetrazole rings is 1. The molecule has 0 radical (unpaired) electrons. The summed E-state index contributed by atoms with van der Waals surface area (Å²) < 4.78 is 5.43. The van der Waals surface area contributed by atoms with Crippen LogP contribution < -0.4 is 10.2 Å². The van der Waals surface area contributed by atoms with Crippen molar-refractivity contribution in [1.29, 1.82) is 5.26 Å². The number of hydrogen-bond acceptors (Lipinski definition) is 8. The maximum atomic E-state index is 12.2. The third kappa shape index (κ3) is 5.44. The second kappa shape index (κ2) is 8.60. The molecule has 2 aromatic rings. The topological polar surface area (TPSA) is 123 Å². The summed E-state index contributed by atoms with van der Waals surface area (Å²) in [6.07, 6.45) is 1.28. The number of aromatic amines is 1. The van der Waals surface area contributed by atoms with Crippen LogP contribution in [0.2, 0.25) is 0 Å². The van der Waals surface area contributed by atoms with E-state index < -0.39 is 5.60 Å². The number of H-pyrrole nitrogens is 1. The highest BCUT2D eigenvalue weighted by Crippen LogP contribution is 2.21. The summed E-state index contributed by atoms with van der Waals surface area (Å²) in [5.74, 6) is 0.236. The minimum atomic E-state index is -0.485. The Labute approximate surface area is 169 Å². The molecule has 0 bridgehead atoms. The molecule has 0 atom stereocenters. The second-order valence-corrected chi connectivity index (χ2v) is 7.55. The number of amides is 1. The van der Waals surface area contributed by atoms with Crippen LogP contribution in [-0.4, -0.2) is 63.4 Å². The maximum absolute atomic E-state index is 12.2. The van der Waals surface area contributed by atoms with Gasteiger partial charge in [-0.15, -0.1) is 10.2 Å². The molecule has 1 amide bonds. The molecule has 0 spiro atoms. The Morgan fingerprint density at radius 1 is 1.24 bits per heavy atom. The Morgan fingerprint density at radius 3 is 2.48 bits per heavy atom. The number of piperazine rings is 1. The molecule has 2 N–H and O–H groups in total. The molecular weight excluding hydrogens is 372 g/mol. The van der Waals surface area contributed by atoms with Crippen molar-refractivity contribution >= 4 is 23.0 Å². The fourth-order valence-corrected chi connectivity index (χ4v) is 2.82. The molecule has 1 fully saturated rings. The summed E-state index contributed by atoms with van der Waals surface area (Å²) in [6, 6.07) is 9.88. The van der Waals surface area contributed by atoms with Crippen LogP contribution in [0.1, 0.15) is 26.6 Å². The van der Waals surface area contributed by atoms with E-state index in [1.165, 1.54) is 0 Å². The first kappa shape index (κ1) is 20.1. The largest absolute Gasteiger partial charge is 0.444 e. The summed E-state index contributed by atoms with van der Waals surface area (Å²) in [7, 11) is 0. The number of ether oxygens (including phenoxy) is 1. The molecule has 1 aliphatic heterocycles. The van der Waals surface area contributed by atoms with Crippen LogP contribution in [0.4, 0.5) is 16.2 Å². The number of rotatable bonds is 4. The first-order valence-electron chi connectivity index (χ1n) is 9.29. The fourth-order valence-electron chi connectivity index (χ4n) is 2.82. The Morgan fingerprint density at radius 2 is 1.93 bits per heavy atom. The number of allylic oxidation sites excluding steroid dienone is 1. The van der Waals surface area contributed by atoms with Crippen molar-refractivity contribution in [3.05, 3.63) is 36.3 Å². The van der Waals surface area contributed by atoms with Crippen molar-refractivity contribution in [2.24, 2.45) is 0 Å². The quantitative estimate of drug-likeness (QED) is 0.754. The SMILES string of the molecule is CC(C)(C)OC(=O)N1CCN(c2ccc(NC=C(C#N)c3nn[nH]n3)cc2)CC1. The lowest BCUT2D eigenvalue weighted by atomic mass is 10.2. The van der Waals surface area contributed by atoms with E-state index in [0.717, 1.165) is 24.5 Å². The van der Waals surface area contributed by atoms with Crippen molar-refractivity contribution in [3.8, 4) is 6.07 Å². The van der Waals surface area contributed by atoms with Gasteiger partial charge in [-0.3, -0.25) is 0 Å². The van der Waals surface area contributed by atoms with Gasteiger partial charge in [0.1, 0.15) is 17.2 Å². The normalized spacial score (nSPS) is 15.0. The molecule has 1 aromatic heterocycles. The van der Waals surface area contributed by atoms with E-state index in [1.54, 1.807) is 11.1 Å². The van der Waals surface area contributed by atoms with E-state index in [2.05, 4.69) is 30.8 Å². The minimum absolute atomic E-state index is 0.236. The van der Waals surface area contributed by atoms with Crippen molar-refractivity contribution in [2.75, 3.05) is 36.4 Å².